The molecule has 0 radical (unpaired) electrons. The highest BCUT2D eigenvalue weighted by Gasteiger charge is 2.17. The predicted molar refractivity (Wildman–Crippen MR) is 48.9 cm³/mol. The number of nitrogens with zero attached hydrogens (tertiary/aromatic N) is 1. The monoisotopic (exact) mass is 184 g/mol. The van der Waals surface area contributed by atoms with Gasteiger partial charge in [-0.05, 0) is 12.1 Å². The van der Waals surface area contributed by atoms with Crippen LogP contribution < -0.4 is 5.32 Å². The van der Waals surface area contributed by atoms with E-state index in [0.29, 0.717) is 6.04 Å². The van der Waals surface area contributed by atoms with Crippen molar-refractivity contribution in [1.29, 1.82) is 0 Å². The quantitative estimate of drug-likeness (QED) is 0.709. The van der Waals surface area contributed by atoms with Crippen LogP contribution in [0.3, 0.4) is 0 Å². The van der Waals surface area contributed by atoms with E-state index in [4.69, 9.17) is 0 Å². The minimum atomic E-state index is -0.427. The molecule has 0 atom stereocenters. The smallest absolute Gasteiger partial charge is 0.212 e. The molecule has 0 aliphatic carbocycles. The first kappa shape index (κ1) is 7.86. The number of aromatic nitrogens is 1. The Hall–Kier alpha value is -0.770. The van der Waals surface area contributed by atoms with E-state index in [0.717, 1.165) is 17.2 Å². The molecular weight excluding hydrogens is 175 g/mol. The van der Waals surface area contributed by atoms with Crippen molar-refractivity contribution in [3.05, 3.63) is 24.3 Å². The molecule has 1 aromatic rings. The highest BCUT2D eigenvalue weighted by molar-refractivity contribution is 8.00. The van der Waals surface area contributed by atoms with Crippen molar-refractivity contribution in [1.82, 2.24) is 4.98 Å². The Labute approximate surface area is 74.6 Å². The lowest BCUT2D eigenvalue weighted by Gasteiger charge is -2.26. The van der Waals surface area contributed by atoms with Gasteiger partial charge in [0.05, 0.1) is 11.9 Å². The predicted octanol–water partition coefficient (Wildman–Crippen LogP) is 1.75. The molecule has 2 nitrogen and oxygen atoms in total. The molecule has 2 rings (SSSR count). The van der Waals surface area contributed by atoms with Gasteiger partial charge in [-0.25, -0.2) is 4.98 Å². The van der Waals surface area contributed by atoms with Gasteiger partial charge in [-0.1, -0.05) is 0 Å². The second-order valence-corrected chi connectivity index (χ2v) is 3.82. The van der Waals surface area contributed by atoms with Crippen LogP contribution in [0.15, 0.2) is 18.3 Å². The van der Waals surface area contributed by atoms with E-state index in [1.54, 1.807) is 6.07 Å². The number of thioether (sulfide) groups is 1. The molecule has 0 aromatic carbocycles. The van der Waals surface area contributed by atoms with Crippen molar-refractivity contribution in [3.63, 3.8) is 0 Å². The third kappa shape index (κ3) is 1.69. The molecule has 2 heterocycles. The third-order valence-electron chi connectivity index (χ3n) is 1.74. The van der Waals surface area contributed by atoms with Gasteiger partial charge in [-0.15, -0.1) is 0 Å². The van der Waals surface area contributed by atoms with Crippen molar-refractivity contribution in [2.24, 2.45) is 0 Å². The van der Waals surface area contributed by atoms with E-state index < -0.39 is 5.95 Å². The third-order valence-corrected chi connectivity index (χ3v) is 3.01. The van der Waals surface area contributed by atoms with Crippen LogP contribution in [0.2, 0.25) is 0 Å². The van der Waals surface area contributed by atoms with Gasteiger partial charge in [0, 0.05) is 17.5 Å². The van der Waals surface area contributed by atoms with Gasteiger partial charge >= 0.3 is 0 Å². The van der Waals surface area contributed by atoms with Crippen molar-refractivity contribution < 1.29 is 4.39 Å². The molecule has 0 saturated carbocycles. The number of hydrogen-bond donors (Lipinski definition) is 1. The van der Waals surface area contributed by atoms with E-state index in [9.17, 15) is 4.39 Å². The fraction of sp³-hybridized carbons (Fsp3) is 0.375. The van der Waals surface area contributed by atoms with Gasteiger partial charge in [0.15, 0.2) is 0 Å². The maximum atomic E-state index is 12.4. The lowest BCUT2D eigenvalue weighted by molar-refractivity contribution is 0.584. The van der Waals surface area contributed by atoms with Gasteiger partial charge < -0.3 is 5.32 Å². The topological polar surface area (TPSA) is 24.9 Å². The summed E-state index contributed by atoms with van der Waals surface area (Å²) in [5.74, 6) is 1.85. The van der Waals surface area contributed by atoms with Crippen molar-refractivity contribution >= 4 is 17.4 Å². The van der Waals surface area contributed by atoms with Crippen LogP contribution >= 0.6 is 11.8 Å². The van der Waals surface area contributed by atoms with Gasteiger partial charge in [-0.3, -0.25) is 0 Å². The van der Waals surface area contributed by atoms with Crippen LogP contribution in [0.4, 0.5) is 10.1 Å². The molecule has 1 aliphatic heterocycles. The van der Waals surface area contributed by atoms with E-state index in [-0.39, 0.29) is 0 Å². The second-order valence-electron chi connectivity index (χ2n) is 2.75. The highest BCUT2D eigenvalue weighted by atomic mass is 32.2. The normalized spacial score (nSPS) is 17.1. The molecule has 4 heteroatoms. The van der Waals surface area contributed by atoms with Crippen LogP contribution in [0.25, 0.3) is 0 Å². The molecule has 64 valence electrons. The van der Waals surface area contributed by atoms with Crippen LogP contribution in [-0.4, -0.2) is 22.5 Å². The fourth-order valence-electron chi connectivity index (χ4n) is 1.02. The Kier molecular flexibility index (Phi) is 2.17. The second kappa shape index (κ2) is 3.31. The van der Waals surface area contributed by atoms with Crippen LogP contribution in [-0.2, 0) is 0 Å². The molecule has 0 bridgehead atoms. The molecule has 1 saturated heterocycles. The van der Waals surface area contributed by atoms with E-state index in [2.05, 4.69) is 10.3 Å². The van der Waals surface area contributed by atoms with Crippen LogP contribution in [0, 0.1) is 5.95 Å². The Morgan fingerprint density at radius 2 is 2.33 bits per heavy atom. The summed E-state index contributed by atoms with van der Waals surface area (Å²) < 4.78 is 12.4. The maximum Gasteiger partial charge on any atom is 0.212 e. The van der Waals surface area contributed by atoms with Gasteiger partial charge in [-0.2, -0.15) is 16.2 Å². The number of anilines is 1. The Morgan fingerprint density at radius 1 is 1.50 bits per heavy atom. The van der Waals surface area contributed by atoms with E-state index in [1.165, 1.54) is 12.3 Å². The minimum absolute atomic E-state index is 0.427. The number of pyridine rings is 1. The fourth-order valence-corrected chi connectivity index (χ4v) is 1.65. The van der Waals surface area contributed by atoms with Gasteiger partial charge in [0.2, 0.25) is 5.95 Å². The van der Waals surface area contributed by atoms with Crippen molar-refractivity contribution in [2.75, 3.05) is 16.8 Å². The van der Waals surface area contributed by atoms with Gasteiger partial charge in [0.25, 0.3) is 0 Å². The molecule has 0 spiro atoms. The Balaban J connectivity index is 1.98. The van der Waals surface area contributed by atoms with Crippen LogP contribution in [0.1, 0.15) is 0 Å². The lowest BCUT2D eigenvalue weighted by Crippen LogP contribution is -2.33. The zero-order chi connectivity index (χ0) is 8.39. The summed E-state index contributed by atoms with van der Waals surface area (Å²) in [7, 11) is 0. The first-order valence-corrected chi connectivity index (χ1v) is 4.96. The van der Waals surface area contributed by atoms with Gasteiger partial charge in [0.1, 0.15) is 0 Å². The van der Waals surface area contributed by atoms with Crippen LogP contribution in [0.5, 0.6) is 0 Å². The van der Waals surface area contributed by atoms with Crippen molar-refractivity contribution in [2.45, 2.75) is 6.04 Å². The average molecular weight is 184 g/mol. The molecule has 12 heavy (non-hydrogen) atoms. The number of hydrogen-bond acceptors (Lipinski definition) is 3. The summed E-state index contributed by atoms with van der Waals surface area (Å²) >= 11 is 1.91. The zero-order valence-electron chi connectivity index (χ0n) is 6.46. The standard InChI is InChI=1S/C8H9FN2S/c9-8-2-1-6(3-10-8)11-7-4-12-5-7/h1-3,7,11H,4-5H2. The number of nitrogens with one attached hydrogen (secondary N) is 1. The summed E-state index contributed by atoms with van der Waals surface area (Å²) in [4.78, 5) is 3.55. The molecule has 0 amide bonds. The van der Waals surface area contributed by atoms with E-state index >= 15 is 0 Å². The first-order valence-electron chi connectivity index (χ1n) is 3.80. The molecular formula is C8H9FN2S. The molecule has 1 aromatic heterocycles. The summed E-state index contributed by atoms with van der Waals surface area (Å²) in [6.07, 6.45) is 1.53. The highest BCUT2D eigenvalue weighted by Crippen LogP contribution is 2.21. The average Bonchev–Trinajstić information content (AvgIpc) is 2.00. The summed E-state index contributed by atoms with van der Waals surface area (Å²) in [5.41, 5.74) is 0.904. The first-order chi connectivity index (χ1) is 5.84. The Morgan fingerprint density at radius 3 is 2.83 bits per heavy atom. The lowest BCUT2D eigenvalue weighted by atomic mass is 10.3. The largest absolute Gasteiger partial charge is 0.379 e. The molecule has 1 aliphatic rings. The molecule has 0 unspecified atom stereocenters. The van der Waals surface area contributed by atoms with E-state index in [1.807, 2.05) is 11.8 Å². The SMILES string of the molecule is Fc1ccc(NC2CSC2)cn1. The zero-order valence-corrected chi connectivity index (χ0v) is 7.27. The van der Waals surface area contributed by atoms with Crippen molar-refractivity contribution in [3.8, 4) is 0 Å². The number of rotatable bonds is 2. The minimum Gasteiger partial charge on any atom is -0.379 e. The maximum absolute atomic E-state index is 12.4. The molecule has 1 fully saturated rings. The summed E-state index contributed by atoms with van der Waals surface area (Å²) in [6.45, 7) is 0. The summed E-state index contributed by atoms with van der Waals surface area (Å²) in [6, 6.07) is 3.63. The molecule has 1 N–H and O–H groups in total. The number of halogens is 1. The Bertz CT molecular complexity index is 258. The summed E-state index contributed by atoms with van der Waals surface area (Å²) in [5, 5.41) is 3.26.